The van der Waals surface area contributed by atoms with Gasteiger partial charge in [-0.25, -0.2) is 4.79 Å². The first-order chi connectivity index (χ1) is 11.1. The van der Waals surface area contributed by atoms with Crippen LogP contribution in [0.15, 0.2) is 24.3 Å². The maximum Gasteiger partial charge on any atom is 0.319 e. The van der Waals surface area contributed by atoms with E-state index in [0.717, 1.165) is 26.2 Å². The third kappa shape index (κ3) is 5.73. The van der Waals surface area contributed by atoms with E-state index >= 15 is 0 Å². The molecule has 2 rings (SSSR count). The molecule has 128 valence electrons. The van der Waals surface area contributed by atoms with Crippen LogP contribution in [0.4, 0.5) is 10.5 Å². The van der Waals surface area contributed by atoms with Crippen molar-refractivity contribution >= 4 is 11.7 Å². The number of para-hydroxylation sites is 2. The van der Waals surface area contributed by atoms with Crippen molar-refractivity contribution in [2.24, 2.45) is 5.92 Å². The Morgan fingerprint density at radius 1 is 1.43 bits per heavy atom. The van der Waals surface area contributed by atoms with Gasteiger partial charge in [0.1, 0.15) is 24.9 Å². The number of rotatable bonds is 6. The first-order valence-electron chi connectivity index (χ1n) is 8.21. The van der Waals surface area contributed by atoms with Crippen LogP contribution in [0.2, 0.25) is 0 Å². The van der Waals surface area contributed by atoms with E-state index in [1.54, 1.807) is 12.0 Å². The molecule has 1 saturated heterocycles. The lowest BCUT2D eigenvalue weighted by atomic mass is 10.2. The lowest BCUT2D eigenvalue weighted by molar-refractivity contribution is -0.914. The van der Waals surface area contributed by atoms with E-state index in [1.807, 2.05) is 24.3 Å². The molecule has 1 unspecified atom stereocenters. The Kier molecular flexibility index (Phi) is 6.67. The topological polar surface area (TPSA) is 64.0 Å². The molecule has 1 fully saturated rings. The van der Waals surface area contributed by atoms with Crippen molar-refractivity contribution in [3.63, 3.8) is 0 Å². The van der Waals surface area contributed by atoms with E-state index < -0.39 is 0 Å². The summed E-state index contributed by atoms with van der Waals surface area (Å²) in [5.74, 6) is 1.31. The van der Waals surface area contributed by atoms with Crippen molar-refractivity contribution in [2.45, 2.75) is 20.0 Å². The molecule has 23 heavy (non-hydrogen) atoms. The van der Waals surface area contributed by atoms with E-state index in [4.69, 9.17) is 9.47 Å². The van der Waals surface area contributed by atoms with Crippen molar-refractivity contribution in [3.8, 4) is 5.75 Å². The number of urea groups is 1. The van der Waals surface area contributed by atoms with Crippen LogP contribution in [0.3, 0.4) is 0 Å². The third-order valence-electron chi connectivity index (χ3n) is 3.87. The molecule has 6 nitrogen and oxygen atoms in total. The summed E-state index contributed by atoms with van der Waals surface area (Å²) in [7, 11) is 1.58. The highest BCUT2D eigenvalue weighted by molar-refractivity contribution is 5.90. The van der Waals surface area contributed by atoms with Crippen LogP contribution < -0.4 is 20.3 Å². The zero-order chi connectivity index (χ0) is 16.7. The summed E-state index contributed by atoms with van der Waals surface area (Å²) in [6.07, 6.45) is 0.0703. The number of hydrogen-bond acceptors (Lipinski definition) is 3. The summed E-state index contributed by atoms with van der Waals surface area (Å²) in [6, 6.07) is 7.10. The molecule has 2 atom stereocenters. The summed E-state index contributed by atoms with van der Waals surface area (Å²) in [5.41, 5.74) is 0.657. The molecule has 0 saturated carbocycles. The number of benzene rings is 1. The van der Waals surface area contributed by atoms with E-state index in [2.05, 4.69) is 24.5 Å². The van der Waals surface area contributed by atoms with Gasteiger partial charge in [0, 0.05) is 5.92 Å². The predicted molar refractivity (Wildman–Crippen MR) is 90.2 cm³/mol. The Hall–Kier alpha value is -1.79. The van der Waals surface area contributed by atoms with Gasteiger partial charge in [-0.3, -0.25) is 0 Å². The second-order valence-corrected chi connectivity index (χ2v) is 6.33. The molecular formula is C17H28N3O3+. The van der Waals surface area contributed by atoms with Crippen molar-refractivity contribution in [1.29, 1.82) is 0 Å². The molecule has 0 bridgehead atoms. The average Bonchev–Trinajstić information content (AvgIpc) is 2.53. The second kappa shape index (κ2) is 8.74. The van der Waals surface area contributed by atoms with Crippen LogP contribution in [0, 0.1) is 5.92 Å². The van der Waals surface area contributed by atoms with Crippen molar-refractivity contribution in [1.82, 2.24) is 5.32 Å². The third-order valence-corrected chi connectivity index (χ3v) is 3.87. The number of ether oxygens (including phenoxy) is 2. The summed E-state index contributed by atoms with van der Waals surface area (Å²) in [5, 5.41) is 5.69. The van der Waals surface area contributed by atoms with Gasteiger partial charge in [-0.15, -0.1) is 0 Å². The zero-order valence-electron chi connectivity index (χ0n) is 14.2. The molecule has 0 spiro atoms. The van der Waals surface area contributed by atoms with Gasteiger partial charge in [-0.2, -0.15) is 0 Å². The molecule has 6 heteroatoms. The summed E-state index contributed by atoms with van der Waals surface area (Å²) in [6.45, 7) is 8.86. The largest absolute Gasteiger partial charge is 0.495 e. The number of anilines is 1. The molecule has 1 heterocycles. The van der Waals surface area contributed by atoms with Crippen LogP contribution in [-0.2, 0) is 4.74 Å². The molecule has 1 aromatic rings. The Balaban J connectivity index is 1.77. The van der Waals surface area contributed by atoms with E-state index in [0.29, 0.717) is 23.9 Å². The minimum Gasteiger partial charge on any atom is -0.495 e. The smallest absolute Gasteiger partial charge is 0.319 e. The Bertz CT molecular complexity index is 508. The number of morpholine rings is 1. The van der Waals surface area contributed by atoms with E-state index in [9.17, 15) is 4.79 Å². The van der Waals surface area contributed by atoms with Crippen LogP contribution in [0.1, 0.15) is 13.8 Å². The highest BCUT2D eigenvalue weighted by atomic mass is 16.5. The van der Waals surface area contributed by atoms with Gasteiger partial charge < -0.3 is 25.0 Å². The standard InChI is InChI=1S/C17H27N3O3/c1-13(2)11-20-8-9-23-14(12-20)10-18-17(21)19-15-6-4-5-7-16(15)22-3/h4-7,13-14H,8-12H2,1-3H3,(H2,18,19,21)/p+1/t14-/m1/s1. The summed E-state index contributed by atoms with van der Waals surface area (Å²) >= 11 is 0. The van der Waals surface area contributed by atoms with Gasteiger partial charge in [-0.05, 0) is 12.1 Å². The molecular weight excluding hydrogens is 294 g/mol. The van der Waals surface area contributed by atoms with Gasteiger partial charge >= 0.3 is 6.03 Å². The van der Waals surface area contributed by atoms with Gasteiger partial charge in [0.15, 0.2) is 0 Å². The number of hydrogen-bond donors (Lipinski definition) is 3. The van der Waals surface area contributed by atoms with Crippen LogP contribution in [0.25, 0.3) is 0 Å². The first-order valence-corrected chi connectivity index (χ1v) is 8.21. The van der Waals surface area contributed by atoms with Gasteiger partial charge in [-0.1, -0.05) is 26.0 Å². The molecule has 1 aromatic carbocycles. The SMILES string of the molecule is COc1ccccc1NC(=O)NC[C@@H]1C[NH+](CC(C)C)CCO1. The summed E-state index contributed by atoms with van der Waals surface area (Å²) < 4.78 is 11.0. The maximum atomic E-state index is 12.0. The van der Waals surface area contributed by atoms with Crippen molar-refractivity contribution < 1.29 is 19.2 Å². The number of quaternary nitrogens is 1. The minimum absolute atomic E-state index is 0.0703. The molecule has 0 aromatic heterocycles. The monoisotopic (exact) mass is 322 g/mol. The van der Waals surface area contributed by atoms with Crippen LogP contribution in [-0.4, -0.2) is 52.0 Å². The molecule has 0 aliphatic carbocycles. The van der Waals surface area contributed by atoms with Crippen molar-refractivity contribution in [3.05, 3.63) is 24.3 Å². The molecule has 1 aliphatic rings. The zero-order valence-corrected chi connectivity index (χ0v) is 14.2. The first kappa shape index (κ1) is 17.6. The average molecular weight is 322 g/mol. The highest BCUT2D eigenvalue weighted by Crippen LogP contribution is 2.22. The summed E-state index contributed by atoms with van der Waals surface area (Å²) in [4.78, 5) is 13.6. The number of methoxy groups -OCH3 is 1. The normalized spacial score (nSPS) is 21.0. The fourth-order valence-electron chi connectivity index (χ4n) is 2.87. The van der Waals surface area contributed by atoms with E-state index in [1.165, 1.54) is 0 Å². The predicted octanol–water partition coefficient (Wildman–Crippen LogP) is 0.756. The van der Waals surface area contributed by atoms with Crippen molar-refractivity contribution in [2.75, 3.05) is 45.2 Å². The quantitative estimate of drug-likeness (QED) is 0.724. The fourth-order valence-corrected chi connectivity index (χ4v) is 2.87. The highest BCUT2D eigenvalue weighted by Gasteiger charge is 2.24. The Labute approximate surface area is 138 Å². The number of amides is 2. The van der Waals surface area contributed by atoms with Gasteiger partial charge in [0.05, 0.1) is 32.5 Å². The molecule has 2 amide bonds. The fraction of sp³-hybridized carbons (Fsp3) is 0.588. The van der Waals surface area contributed by atoms with E-state index in [-0.39, 0.29) is 12.1 Å². The Morgan fingerprint density at radius 2 is 2.22 bits per heavy atom. The maximum absolute atomic E-state index is 12.0. The van der Waals surface area contributed by atoms with Crippen LogP contribution in [0.5, 0.6) is 5.75 Å². The molecule has 0 radical (unpaired) electrons. The Morgan fingerprint density at radius 3 is 2.96 bits per heavy atom. The second-order valence-electron chi connectivity index (χ2n) is 6.33. The number of carbonyl (C=O) groups excluding carboxylic acids is 1. The van der Waals surface area contributed by atoms with Gasteiger partial charge in [0.2, 0.25) is 0 Å². The lowest BCUT2D eigenvalue weighted by Gasteiger charge is -2.31. The number of nitrogens with one attached hydrogen (secondary N) is 3. The minimum atomic E-state index is -0.242. The molecule has 3 N–H and O–H groups in total. The number of carbonyl (C=O) groups is 1. The van der Waals surface area contributed by atoms with Crippen LogP contribution >= 0.6 is 0 Å². The molecule has 1 aliphatic heterocycles. The van der Waals surface area contributed by atoms with Gasteiger partial charge in [0.25, 0.3) is 0 Å². The lowest BCUT2D eigenvalue weighted by Crippen LogP contribution is -3.15.